The maximum atomic E-state index is 12.5. The number of aryl methyl sites for hydroxylation is 1. The van der Waals surface area contributed by atoms with Gasteiger partial charge in [-0.1, -0.05) is 24.3 Å². The molecule has 0 aliphatic rings. The van der Waals surface area contributed by atoms with E-state index in [2.05, 4.69) is 0 Å². The summed E-state index contributed by atoms with van der Waals surface area (Å²) in [6.07, 6.45) is 1.91. The minimum absolute atomic E-state index is 0.0817. The summed E-state index contributed by atoms with van der Waals surface area (Å²) in [5.74, 6) is 1.75. The lowest BCUT2D eigenvalue weighted by molar-refractivity contribution is -0.120. The molecule has 0 aliphatic heterocycles. The van der Waals surface area contributed by atoms with Gasteiger partial charge in [-0.15, -0.1) is 0 Å². The van der Waals surface area contributed by atoms with Crippen molar-refractivity contribution in [1.82, 2.24) is 0 Å². The van der Waals surface area contributed by atoms with Crippen molar-refractivity contribution < 1.29 is 19.1 Å². The Hall–Kier alpha value is -2.62. The monoisotopic (exact) mass is 354 g/mol. The molecule has 0 aromatic heterocycles. The lowest BCUT2D eigenvalue weighted by Gasteiger charge is -2.16. The predicted octanol–water partition coefficient (Wildman–Crippen LogP) is 4.36. The van der Waals surface area contributed by atoms with E-state index < -0.39 is 0 Å². The van der Waals surface area contributed by atoms with Gasteiger partial charge in [0.1, 0.15) is 23.1 Å². The molecule has 1 unspecified atom stereocenters. The van der Waals surface area contributed by atoms with Crippen LogP contribution in [-0.4, -0.2) is 25.8 Å². The van der Waals surface area contributed by atoms with Crippen molar-refractivity contribution in [3.05, 3.63) is 59.7 Å². The number of carbonyl (C=O) groups is 2. The fraction of sp³-hybridized carbons (Fsp3) is 0.364. The van der Waals surface area contributed by atoms with Gasteiger partial charge in [0.05, 0.1) is 14.2 Å². The molecule has 0 saturated carbocycles. The minimum atomic E-state index is -0.0817. The second-order valence-electron chi connectivity index (χ2n) is 6.47. The predicted molar refractivity (Wildman–Crippen MR) is 102 cm³/mol. The largest absolute Gasteiger partial charge is 0.497 e. The van der Waals surface area contributed by atoms with Crippen LogP contribution >= 0.6 is 0 Å². The van der Waals surface area contributed by atoms with E-state index in [1.165, 1.54) is 0 Å². The molecule has 0 fully saturated rings. The number of Topliss-reactive ketones (excluding diaryl/α,β-unsaturated/α-hetero) is 2. The number of hydrogen-bond acceptors (Lipinski definition) is 4. The van der Waals surface area contributed by atoms with E-state index >= 15 is 0 Å². The number of carbonyl (C=O) groups excluding carboxylic acids is 2. The van der Waals surface area contributed by atoms with Crippen LogP contribution in [0.1, 0.15) is 43.2 Å². The molecule has 0 N–H and O–H groups in total. The van der Waals surface area contributed by atoms with Gasteiger partial charge in [0.25, 0.3) is 0 Å². The number of rotatable bonds is 10. The van der Waals surface area contributed by atoms with Crippen LogP contribution in [0.15, 0.2) is 48.5 Å². The van der Waals surface area contributed by atoms with Gasteiger partial charge < -0.3 is 14.3 Å². The highest BCUT2D eigenvalue weighted by atomic mass is 16.5. The van der Waals surface area contributed by atoms with Crippen LogP contribution in [0.4, 0.5) is 0 Å². The topological polar surface area (TPSA) is 52.6 Å². The average Bonchev–Trinajstić information content (AvgIpc) is 2.66. The molecule has 138 valence electrons. The lowest BCUT2D eigenvalue weighted by Crippen LogP contribution is -2.11. The van der Waals surface area contributed by atoms with Crippen LogP contribution < -0.4 is 9.47 Å². The van der Waals surface area contributed by atoms with Gasteiger partial charge in [-0.25, -0.2) is 0 Å². The second-order valence-corrected chi connectivity index (χ2v) is 6.47. The molecule has 4 nitrogen and oxygen atoms in total. The number of methoxy groups -OCH3 is 2. The van der Waals surface area contributed by atoms with E-state index in [1.807, 2.05) is 48.5 Å². The van der Waals surface area contributed by atoms with Gasteiger partial charge in [-0.2, -0.15) is 0 Å². The van der Waals surface area contributed by atoms with Crippen molar-refractivity contribution in [2.45, 2.75) is 38.5 Å². The summed E-state index contributed by atoms with van der Waals surface area (Å²) >= 11 is 0. The molecule has 1 atom stereocenters. The number of ketones is 2. The standard InChI is InChI=1S/C22H26O4/c1-16(23)14-19(18-7-12-22(26-3)13-8-18)15-20(24)9-4-17-5-10-21(25-2)11-6-17/h5-8,10-13,19H,4,9,14-15H2,1-3H3. The Kier molecular flexibility index (Phi) is 7.39. The van der Waals surface area contributed by atoms with Crippen molar-refractivity contribution in [2.75, 3.05) is 14.2 Å². The first-order valence-corrected chi connectivity index (χ1v) is 8.80. The summed E-state index contributed by atoms with van der Waals surface area (Å²) in [5.41, 5.74) is 2.10. The number of ether oxygens (including phenoxy) is 2. The summed E-state index contributed by atoms with van der Waals surface area (Å²) in [6.45, 7) is 1.57. The Balaban J connectivity index is 1.97. The zero-order chi connectivity index (χ0) is 18.9. The van der Waals surface area contributed by atoms with Gasteiger partial charge in [-0.05, 0) is 54.7 Å². The summed E-state index contributed by atoms with van der Waals surface area (Å²) in [4.78, 5) is 24.1. The highest BCUT2D eigenvalue weighted by Crippen LogP contribution is 2.27. The maximum absolute atomic E-state index is 12.5. The summed E-state index contributed by atoms with van der Waals surface area (Å²) < 4.78 is 10.3. The zero-order valence-electron chi connectivity index (χ0n) is 15.7. The molecule has 0 heterocycles. The number of benzene rings is 2. The van der Waals surface area contributed by atoms with Gasteiger partial charge in [0, 0.05) is 19.3 Å². The first-order valence-electron chi connectivity index (χ1n) is 8.80. The van der Waals surface area contributed by atoms with Crippen LogP contribution in [0.5, 0.6) is 11.5 Å². The SMILES string of the molecule is COc1ccc(CCC(=O)CC(CC(C)=O)c2ccc(OC)cc2)cc1. The fourth-order valence-corrected chi connectivity index (χ4v) is 2.98. The molecular weight excluding hydrogens is 328 g/mol. The Morgan fingerprint density at radius 1 is 0.846 bits per heavy atom. The van der Waals surface area contributed by atoms with Gasteiger partial charge in [0.15, 0.2) is 0 Å². The van der Waals surface area contributed by atoms with Crippen LogP contribution in [-0.2, 0) is 16.0 Å². The summed E-state index contributed by atoms with van der Waals surface area (Å²) in [5, 5.41) is 0. The molecular formula is C22H26O4. The van der Waals surface area contributed by atoms with Crippen molar-refractivity contribution in [3.8, 4) is 11.5 Å². The molecule has 2 aromatic carbocycles. The van der Waals surface area contributed by atoms with E-state index in [4.69, 9.17) is 9.47 Å². The van der Waals surface area contributed by atoms with E-state index in [-0.39, 0.29) is 17.5 Å². The Labute approximate surface area is 155 Å². The first kappa shape index (κ1) is 19.7. The molecule has 0 bridgehead atoms. The van der Waals surface area contributed by atoms with E-state index in [0.717, 1.165) is 22.6 Å². The van der Waals surface area contributed by atoms with E-state index in [0.29, 0.717) is 25.7 Å². The molecule has 0 radical (unpaired) electrons. The van der Waals surface area contributed by atoms with Crippen LogP contribution in [0.2, 0.25) is 0 Å². The summed E-state index contributed by atoms with van der Waals surface area (Å²) in [7, 11) is 3.25. The molecule has 2 aromatic rings. The molecule has 26 heavy (non-hydrogen) atoms. The number of hydrogen-bond donors (Lipinski definition) is 0. The molecule has 0 saturated heterocycles. The maximum Gasteiger partial charge on any atom is 0.133 e. The molecule has 2 rings (SSSR count). The highest BCUT2D eigenvalue weighted by Gasteiger charge is 2.18. The average molecular weight is 354 g/mol. The Morgan fingerprint density at radius 3 is 1.88 bits per heavy atom. The smallest absolute Gasteiger partial charge is 0.133 e. The normalized spacial score (nSPS) is 11.7. The van der Waals surface area contributed by atoms with Crippen molar-refractivity contribution in [1.29, 1.82) is 0 Å². The third-order valence-electron chi connectivity index (χ3n) is 4.45. The highest BCUT2D eigenvalue weighted by molar-refractivity contribution is 5.82. The van der Waals surface area contributed by atoms with Crippen molar-refractivity contribution in [3.63, 3.8) is 0 Å². The lowest BCUT2D eigenvalue weighted by atomic mass is 9.88. The molecule has 4 heteroatoms. The van der Waals surface area contributed by atoms with Crippen molar-refractivity contribution >= 4 is 11.6 Å². The van der Waals surface area contributed by atoms with Crippen LogP contribution in [0, 0.1) is 0 Å². The first-order chi connectivity index (χ1) is 12.5. The third-order valence-corrected chi connectivity index (χ3v) is 4.45. The molecule has 0 amide bonds. The molecule has 0 spiro atoms. The summed E-state index contributed by atoms with van der Waals surface area (Å²) in [6, 6.07) is 15.3. The minimum Gasteiger partial charge on any atom is -0.497 e. The quantitative estimate of drug-likeness (QED) is 0.636. The van der Waals surface area contributed by atoms with E-state index in [1.54, 1.807) is 21.1 Å². The van der Waals surface area contributed by atoms with Crippen LogP contribution in [0.25, 0.3) is 0 Å². The van der Waals surface area contributed by atoms with Crippen LogP contribution in [0.3, 0.4) is 0 Å². The Morgan fingerprint density at radius 2 is 1.38 bits per heavy atom. The Bertz CT molecular complexity index is 717. The second kappa shape index (κ2) is 9.76. The fourth-order valence-electron chi connectivity index (χ4n) is 2.98. The van der Waals surface area contributed by atoms with Crippen molar-refractivity contribution in [2.24, 2.45) is 0 Å². The molecule has 0 aliphatic carbocycles. The third kappa shape index (κ3) is 6.03. The zero-order valence-corrected chi connectivity index (χ0v) is 15.7. The van der Waals surface area contributed by atoms with Gasteiger partial charge in [-0.3, -0.25) is 4.79 Å². The van der Waals surface area contributed by atoms with Gasteiger partial charge >= 0.3 is 0 Å². The van der Waals surface area contributed by atoms with E-state index in [9.17, 15) is 9.59 Å². The van der Waals surface area contributed by atoms with Gasteiger partial charge in [0.2, 0.25) is 0 Å².